The van der Waals surface area contributed by atoms with Crippen LogP contribution in [0.2, 0.25) is 0 Å². The standard InChI is InChI=1S/C16H21N3O3S/c1-23-12-4-2-3-11(7-12)8-18-5-6-19-14(9-18)15(21)17-13(10-20)16(19)22/h2-4,7,13-14,20H,5-6,8-10H2,1H3,(H,17,21)/t13-,14+/m0/s1. The summed E-state index contributed by atoms with van der Waals surface area (Å²) in [6, 6.07) is 7.12. The number of thioether (sulfide) groups is 1. The first-order valence-electron chi connectivity index (χ1n) is 7.69. The van der Waals surface area contributed by atoms with E-state index in [4.69, 9.17) is 0 Å². The Morgan fingerprint density at radius 2 is 2.17 bits per heavy atom. The summed E-state index contributed by atoms with van der Waals surface area (Å²) >= 11 is 1.71. The minimum absolute atomic E-state index is 0.175. The van der Waals surface area contributed by atoms with E-state index in [1.807, 2.05) is 12.3 Å². The molecule has 23 heavy (non-hydrogen) atoms. The van der Waals surface area contributed by atoms with Crippen molar-refractivity contribution in [1.82, 2.24) is 15.1 Å². The summed E-state index contributed by atoms with van der Waals surface area (Å²) in [5.74, 6) is -0.354. The van der Waals surface area contributed by atoms with E-state index in [9.17, 15) is 14.7 Å². The molecule has 7 heteroatoms. The summed E-state index contributed by atoms with van der Waals surface area (Å²) in [7, 11) is 0. The number of piperazine rings is 2. The van der Waals surface area contributed by atoms with Gasteiger partial charge in [0.2, 0.25) is 11.8 Å². The molecule has 0 saturated carbocycles. The summed E-state index contributed by atoms with van der Waals surface area (Å²) in [6.45, 7) is 2.20. The molecule has 0 radical (unpaired) electrons. The SMILES string of the molecule is CSc1cccc(CN2CCN3C(=O)[C@H](CO)NC(=O)[C@H]3C2)c1. The van der Waals surface area contributed by atoms with Crippen LogP contribution in [0.1, 0.15) is 5.56 Å². The molecule has 2 atom stereocenters. The number of hydrogen-bond donors (Lipinski definition) is 2. The van der Waals surface area contributed by atoms with Crippen LogP contribution in [0.5, 0.6) is 0 Å². The van der Waals surface area contributed by atoms with E-state index in [1.54, 1.807) is 16.7 Å². The zero-order valence-electron chi connectivity index (χ0n) is 13.1. The molecule has 2 aliphatic heterocycles. The number of hydrogen-bond acceptors (Lipinski definition) is 5. The molecule has 2 fully saturated rings. The number of amides is 2. The summed E-state index contributed by atoms with van der Waals surface area (Å²) < 4.78 is 0. The molecule has 0 spiro atoms. The normalized spacial score (nSPS) is 25.2. The highest BCUT2D eigenvalue weighted by Gasteiger charge is 2.42. The molecule has 1 aromatic rings. The van der Waals surface area contributed by atoms with Gasteiger partial charge < -0.3 is 15.3 Å². The van der Waals surface area contributed by atoms with Gasteiger partial charge >= 0.3 is 0 Å². The molecule has 0 bridgehead atoms. The Morgan fingerprint density at radius 3 is 2.91 bits per heavy atom. The second kappa shape index (κ2) is 6.90. The number of carbonyl (C=O) groups is 2. The van der Waals surface area contributed by atoms with Crippen molar-refractivity contribution < 1.29 is 14.7 Å². The maximum absolute atomic E-state index is 12.2. The molecule has 2 saturated heterocycles. The molecule has 2 N–H and O–H groups in total. The average molecular weight is 335 g/mol. The zero-order valence-corrected chi connectivity index (χ0v) is 13.9. The molecule has 2 aliphatic rings. The van der Waals surface area contributed by atoms with Crippen LogP contribution in [-0.2, 0) is 16.1 Å². The van der Waals surface area contributed by atoms with E-state index in [-0.39, 0.29) is 18.4 Å². The fourth-order valence-corrected chi connectivity index (χ4v) is 3.64. The van der Waals surface area contributed by atoms with Gasteiger partial charge in [-0.3, -0.25) is 14.5 Å². The first kappa shape index (κ1) is 16.3. The van der Waals surface area contributed by atoms with Crippen molar-refractivity contribution in [3.8, 4) is 0 Å². The molecule has 3 rings (SSSR count). The molecular weight excluding hydrogens is 314 g/mol. The zero-order chi connectivity index (χ0) is 16.4. The minimum atomic E-state index is -0.788. The van der Waals surface area contributed by atoms with Gasteiger partial charge in [-0.15, -0.1) is 11.8 Å². The largest absolute Gasteiger partial charge is 0.394 e. The Balaban J connectivity index is 1.68. The van der Waals surface area contributed by atoms with E-state index in [1.165, 1.54) is 10.5 Å². The predicted octanol–water partition coefficient (Wildman–Crippen LogP) is -0.0880. The van der Waals surface area contributed by atoms with Gasteiger partial charge in [0.15, 0.2) is 0 Å². The number of carbonyl (C=O) groups excluding carboxylic acids is 2. The first-order chi connectivity index (χ1) is 11.1. The van der Waals surface area contributed by atoms with E-state index in [2.05, 4.69) is 28.4 Å². The van der Waals surface area contributed by atoms with Gasteiger partial charge in [0, 0.05) is 31.1 Å². The van der Waals surface area contributed by atoms with Crippen molar-refractivity contribution in [2.24, 2.45) is 0 Å². The van der Waals surface area contributed by atoms with Crippen LogP contribution in [0.4, 0.5) is 0 Å². The maximum atomic E-state index is 12.2. The van der Waals surface area contributed by atoms with Gasteiger partial charge in [0.25, 0.3) is 0 Å². The third kappa shape index (κ3) is 3.36. The van der Waals surface area contributed by atoms with Crippen LogP contribution >= 0.6 is 11.8 Å². The van der Waals surface area contributed by atoms with Gasteiger partial charge in [0.1, 0.15) is 12.1 Å². The fourth-order valence-electron chi connectivity index (χ4n) is 3.15. The Morgan fingerprint density at radius 1 is 1.35 bits per heavy atom. The highest BCUT2D eigenvalue weighted by atomic mass is 32.2. The van der Waals surface area contributed by atoms with Crippen LogP contribution in [-0.4, -0.2) is 71.3 Å². The van der Waals surface area contributed by atoms with Crippen molar-refractivity contribution in [1.29, 1.82) is 0 Å². The van der Waals surface area contributed by atoms with E-state index >= 15 is 0 Å². The van der Waals surface area contributed by atoms with E-state index in [0.717, 1.165) is 13.1 Å². The number of aliphatic hydroxyl groups is 1. The second-order valence-electron chi connectivity index (χ2n) is 5.88. The summed E-state index contributed by atoms with van der Waals surface area (Å²) in [4.78, 5) is 29.4. The molecule has 0 aromatic heterocycles. The van der Waals surface area contributed by atoms with Gasteiger partial charge in [-0.2, -0.15) is 0 Å². The van der Waals surface area contributed by atoms with E-state index in [0.29, 0.717) is 13.1 Å². The van der Waals surface area contributed by atoms with Crippen LogP contribution in [0, 0.1) is 0 Å². The van der Waals surface area contributed by atoms with Crippen LogP contribution in [0.25, 0.3) is 0 Å². The lowest BCUT2D eigenvalue weighted by Crippen LogP contribution is -2.69. The van der Waals surface area contributed by atoms with Gasteiger partial charge in [-0.1, -0.05) is 12.1 Å². The lowest BCUT2D eigenvalue weighted by atomic mass is 10.0. The Kier molecular flexibility index (Phi) is 4.89. The highest BCUT2D eigenvalue weighted by Crippen LogP contribution is 2.20. The Labute approximate surface area is 139 Å². The lowest BCUT2D eigenvalue weighted by molar-refractivity contribution is -0.154. The van der Waals surface area contributed by atoms with Crippen molar-refractivity contribution in [2.75, 3.05) is 32.5 Å². The average Bonchev–Trinajstić information content (AvgIpc) is 2.58. The number of nitrogens with one attached hydrogen (secondary N) is 1. The quantitative estimate of drug-likeness (QED) is 0.753. The molecule has 0 aliphatic carbocycles. The predicted molar refractivity (Wildman–Crippen MR) is 88.0 cm³/mol. The highest BCUT2D eigenvalue weighted by molar-refractivity contribution is 7.98. The Hall–Kier alpha value is -1.57. The van der Waals surface area contributed by atoms with Crippen molar-refractivity contribution >= 4 is 23.6 Å². The van der Waals surface area contributed by atoms with Crippen LogP contribution < -0.4 is 5.32 Å². The Bertz CT molecular complexity index is 610. The number of fused-ring (bicyclic) bond motifs is 1. The lowest BCUT2D eigenvalue weighted by Gasteiger charge is -2.45. The van der Waals surface area contributed by atoms with Crippen LogP contribution in [0.3, 0.4) is 0 Å². The summed E-state index contributed by atoms with van der Waals surface area (Å²) in [5, 5.41) is 11.8. The topological polar surface area (TPSA) is 72.9 Å². The second-order valence-corrected chi connectivity index (χ2v) is 6.76. The number of nitrogens with zero attached hydrogens (tertiary/aromatic N) is 2. The van der Waals surface area contributed by atoms with E-state index < -0.39 is 12.1 Å². The van der Waals surface area contributed by atoms with Crippen LogP contribution in [0.15, 0.2) is 29.2 Å². The van der Waals surface area contributed by atoms with Gasteiger partial charge in [-0.25, -0.2) is 0 Å². The molecule has 0 unspecified atom stereocenters. The smallest absolute Gasteiger partial charge is 0.248 e. The van der Waals surface area contributed by atoms with Gasteiger partial charge in [0.05, 0.1) is 6.61 Å². The number of rotatable bonds is 4. The molecule has 1 aromatic carbocycles. The third-order valence-corrected chi connectivity index (χ3v) is 5.11. The monoisotopic (exact) mass is 335 g/mol. The fraction of sp³-hybridized carbons (Fsp3) is 0.500. The maximum Gasteiger partial charge on any atom is 0.248 e. The van der Waals surface area contributed by atoms with Crippen molar-refractivity contribution in [3.63, 3.8) is 0 Å². The van der Waals surface area contributed by atoms with Crippen molar-refractivity contribution in [2.45, 2.75) is 23.5 Å². The molecule has 124 valence electrons. The van der Waals surface area contributed by atoms with Gasteiger partial charge in [-0.05, 0) is 24.0 Å². The summed E-state index contributed by atoms with van der Waals surface area (Å²) in [6.07, 6.45) is 2.05. The number of benzene rings is 1. The molecular formula is C16H21N3O3S. The molecule has 2 heterocycles. The number of aliphatic hydroxyl groups excluding tert-OH is 1. The molecule has 2 amide bonds. The van der Waals surface area contributed by atoms with Crippen molar-refractivity contribution in [3.05, 3.63) is 29.8 Å². The minimum Gasteiger partial charge on any atom is -0.394 e. The third-order valence-electron chi connectivity index (χ3n) is 4.39. The summed E-state index contributed by atoms with van der Waals surface area (Å²) in [5.41, 5.74) is 1.21. The first-order valence-corrected chi connectivity index (χ1v) is 8.92. The molecule has 6 nitrogen and oxygen atoms in total.